The molecule has 1 unspecified atom stereocenters. The van der Waals surface area contributed by atoms with E-state index in [4.69, 9.17) is 5.11 Å². The molecule has 2 aromatic carbocycles. The van der Waals surface area contributed by atoms with E-state index in [1.807, 2.05) is 0 Å². The first-order valence-electron chi connectivity index (χ1n) is 8.71. The topological polar surface area (TPSA) is 104 Å². The van der Waals surface area contributed by atoms with Gasteiger partial charge >= 0.3 is 5.97 Å². The molecule has 148 valence electrons. The van der Waals surface area contributed by atoms with Crippen molar-refractivity contribution in [3.8, 4) is 0 Å². The Morgan fingerprint density at radius 1 is 1.11 bits per heavy atom. The second-order valence-corrected chi connectivity index (χ2v) is 8.32. The lowest BCUT2D eigenvalue weighted by atomic mass is 10.0. The lowest BCUT2D eigenvalue weighted by Crippen LogP contribution is -2.49. The lowest BCUT2D eigenvalue weighted by Gasteiger charge is -2.33. The average molecular weight is 406 g/mol. The molecule has 0 saturated carbocycles. The molecule has 1 atom stereocenters. The zero-order valence-corrected chi connectivity index (χ0v) is 15.7. The van der Waals surface area contributed by atoms with Crippen molar-refractivity contribution < 1.29 is 27.5 Å². The van der Waals surface area contributed by atoms with E-state index in [-0.39, 0.29) is 22.7 Å². The van der Waals surface area contributed by atoms with Gasteiger partial charge in [0.2, 0.25) is 15.9 Å². The molecule has 0 aromatic heterocycles. The van der Waals surface area contributed by atoms with E-state index >= 15 is 0 Å². The second-order valence-electron chi connectivity index (χ2n) is 6.43. The molecule has 0 bridgehead atoms. The lowest BCUT2D eigenvalue weighted by molar-refractivity contribution is -0.120. The highest BCUT2D eigenvalue weighted by Gasteiger charge is 2.37. The van der Waals surface area contributed by atoms with E-state index in [1.165, 1.54) is 18.2 Å². The van der Waals surface area contributed by atoms with Crippen LogP contribution in [0.3, 0.4) is 0 Å². The van der Waals surface area contributed by atoms with Crippen molar-refractivity contribution in [2.45, 2.75) is 30.2 Å². The van der Waals surface area contributed by atoms with Crippen LogP contribution in [-0.2, 0) is 14.8 Å². The van der Waals surface area contributed by atoms with Gasteiger partial charge < -0.3 is 10.4 Å². The Hall–Kier alpha value is -2.78. The maximum Gasteiger partial charge on any atom is 0.335 e. The Morgan fingerprint density at radius 2 is 1.82 bits per heavy atom. The van der Waals surface area contributed by atoms with Crippen molar-refractivity contribution in [2.75, 3.05) is 11.9 Å². The number of hydrogen-bond acceptors (Lipinski definition) is 4. The molecule has 1 heterocycles. The van der Waals surface area contributed by atoms with E-state index in [1.54, 1.807) is 18.2 Å². The van der Waals surface area contributed by atoms with Crippen LogP contribution in [0.5, 0.6) is 0 Å². The summed E-state index contributed by atoms with van der Waals surface area (Å²) in [6.07, 6.45) is 1.60. The van der Waals surface area contributed by atoms with Crippen LogP contribution in [0.2, 0.25) is 0 Å². The Bertz CT molecular complexity index is 995. The van der Waals surface area contributed by atoms with Gasteiger partial charge in [-0.1, -0.05) is 24.6 Å². The number of carbonyl (C=O) groups excluding carboxylic acids is 1. The molecule has 0 aliphatic carbocycles. The van der Waals surface area contributed by atoms with E-state index in [2.05, 4.69) is 5.32 Å². The van der Waals surface area contributed by atoms with Crippen molar-refractivity contribution in [3.63, 3.8) is 0 Å². The number of carboxylic acids is 1. The van der Waals surface area contributed by atoms with E-state index < -0.39 is 33.8 Å². The van der Waals surface area contributed by atoms with E-state index in [0.717, 1.165) is 16.4 Å². The number of carboxylic acid groups (broad SMARTS) is 1. The van der Waals surface area contributed by atoms with Crippen LogP contribution >= 0.6 is 0 Å². The zero-order chi connectivity index (χ0) is 20.3. The van der Waals surface area contributed by atoms with Crippen LogP contribution in [0.25, 0.3) is 0 Å². The van der Waals surface area contributed by atoms with Crippen molar-refractivity contribution in [1.29, 1.82) is 0 Å². The number of halogens is 1. The first kappa shape index (κ1) is 20.0. The molecule has 1 aliphatic rings. The van der Waals surface area contributed by atoms with Crippen LogP contribution in [0.4, 0.5) is 10.1 Å². The largest absolute Gasteiger partial charge is 0.478 e. The maximum atomic E-state index is 14.1. The van der Waals surface area contributed by atoms with Gasteiger partial charge in [0.15, 0.2) is 0 Å². The minimum atomic E-state index is -3.88. The summed E-state index contributed by atoms with van der Waals surface area (Å²) in [5.41, 5.74) is -0.445. The molecule has 1 aliphatic heterocycles. The van der Waals surface area contributed by atoms with Gasteiger partial charge in [-0.15, -0.1) is 0 Å². The van der Waals surface area contributed by atoms with Crippen LogP contribution in [0.1, 0.15) is 29.6 Å². The monoisotopic (exact) mass is 406 g/mol. The quantitative estimate of drug-likeness (QED) is 0.795. The Balaban J connectivity index is 1.84. The highest BCUT2D eigenvalue weighted by Crippen LogP contribution is 2.27. The number of anilines is 1. The third-order valence-corrected chi connectivity index (χ3v) is 6.50. The van der Waals surface area contributed by atoms with E-state index in [0.29, 0.717) is 19.3 Å². The van der Waals surface area contributed by atoms with Crippen LogP contribution < -0.4 is 5.32 Å². The van der Waals surface area contributed by atoms with Crippen molar-refractivity contribution in [1.82, 2.24) is 4.31 Å². The fourth-order valence-corrected chi connectivity index (χ4v) is 4.83. The van der Waals surface area contributed by atoms with Gasteiger partial charge in [-0.05, 0) is 43.2 Å². The smallest absolute Gasteiger partial charge is 0.335 e. The zero-order valence-electron chi connectivity index (χ0n) is 14.8. The molecule has 28 heavy (non-hydrogen) atoms. The van der Waals surface area contributed by atoms with Gasteiger partial charge in [0, 0.05) is 6.54 Å². The Labute approximate surface area is 161 Å². The summed E-state index contributed by atoms with van der Waals surface area (Å²) in [6.45, 7) is 0.190. The summed E-state index contributed by atoms with van der Waals surface area (Å²) in [5, 5.41) is 11.3. The third-order valence-electron chi connectivity index (χ3n) is 4.58. The van der Waals surface area contributed by atoms with Crippen LogP contribution in [0, 0.1) is 5.82 Å². The number of nitrogens with zero attached hydrogens (tertiary/aromatic N) is 1. The number of amides is 1. The molecule has 0 radical (unpaired) electrons. The standard InChI is InChI=1S/C19H19FN2O5S/c20-15-12-13(19(24)25)9-10-16(15)21-18(23)17-8-4-5-11-22(17)28(26,27)14-6-2-1-3-7-14/h1-3,6-7,9-10,12,17H,4-5,8,11H2,(H,21,23)(H,24,25). The van der Waals surface area contributed by atoms with Gasteiger partial charge in [0.25, 0.3) is 0 Å². The summed E-state index contributed by atoms with van der Waals surface area (Å²) in [7, 11) is -3.88. The summed E-state index contributed by atoms with van der Waals surface area (Å²) < 4.78 is 41.2. The normalized spacial score (nSPS) is 17.8. The highest BCUT2D eigenvalue weighted by atomic mass is 32.2. The molecule has 3 rings (SSSR count). The molecule has 1 amide bonds. The number of nitrogens with one attached hydrogen (secondary N) is 1. The molecule has 2 N–H and O–H groups in total. The molecule has 2 aromatic rings. The molecular weight excluding hydrogens is 387 g/mol. The number of carbonyl (C=O) groups is 2. The molecule has 1 saturated heterocycles. The highest BCUT2D eigenvalue weighted by molar-refractivity contribution is 7.89. The van der Waals surface area contributed by atoms with Crippen LogP contribution in [0.15, 0.2) is 53.4 Å². The van der Waals surface area contributed by atoms with Gasteiger partial charge in [-0.2, -0.15) is 4.31 Å². The minimum absolute atomic E-state index is 0.0895. The van der Waals surface area contributed by atoms with Crippen LogP contribution in [-0.4, -0.2) is 42.3 Å². The number of aromatic carboxylic acids is 1. The van der Waals surface area contributed by atoms with Crippen molar-refractivity contribution >= 4 is 27.6 Å². The molecule has 7 nitrogen and oxygen atoms in total. The molecular formula is C19H19FN2O5S. The second kappa shape index (κ2) is 8.07. The van der Waals surface area contributed by atoms with Crippen molar-refractivity contribution in [3.05, 3.63) is 59.9 Å². The van der Waals surface area contributed by atoms with Gasteiger partial charge in [0.1, 0.15) is 11.9 Å². The number of hydrogen-bond donors (Lipinski definition) is 2. The predicted octanol–water partition coefficient (Wildman–Crippen LogP) is 2.71. The maximum absolute atomic E-state index is 14.1. The van der Waals surface area contributed by atoms with E-state index in [9.17, 15) is 22.4 Å². The summed E-state index contributed by atoms with van der Waals surface area (Å²) in [4.78, 5) is 23.7. The third kappa shape index (κ3) is 4.05. The summed E-state index contributed by atoms with van der Waals surface area (Å²) >= 11 is 0. The van der Waals surface area contributed by atoms with Gasteiger partial charge in [0.05, 0.1) is 16.1 Å². The first-order chi connectivity index (χ1) is 13.3. The molecule has 9 heteroatoms. The summed E-state index contributed by atoms with van der Waals surface area (Å²) in [5.74, 6) is -2.84. The number of benzene rings is 2. The first-order valence-corrected chi connectivity index (χ1v) is 10.2. The number of rotatable bonds is 5. The van der Waals surface area contributed by atoms with Gasteiger partial charge in [-0.25, -0.2) is 17.6 Å². The van der Waals surface area contributed by atoms with Crippen molar-refractivity contribution in [2.24, 2.45) is 0 Å². The van der Waals surface area contributed by atoms with Gasteiger partial charge in [-0.3, -0.25) is 4.79 Å². The number of piperidine rings is 1. The average Bonchev–Trinajstić information content (AvgIpc) is 2.70. The predicted molar refractivity (Wildman–Crippen MR) is 100.0 cm³/mol. The SMILES string of the molecule is O=C(O)c1ccc(NC(=O)C2CCCCN2S(=O)(=O)c2ccccc2)c(F)c1. The molecule has 0 spiro atoms. The minimum Gasteiger partial charge on any atom is -0.478 e. The Kier molecular flexibility index (Phi) is 5.76. The fourth-order valence-electron chi connectivity index (χ4n) is 3.15. The molecule has 1 fully saturated rings. The fraction of sp³-hybridized carbons (Fsp3) is 0.263. The Morgan fingerprint density at radius 3 is 2.46 bits per heavy atom. The summed E-state index contributed by atoms with van der Waals surface area (Å²) in [6, 6.07) is 9.97. The number of sulfonamides is 1.